The molecule has 1 atom stereocenters. The van der Waals surface area contributed by atoms with Gasteiger partial charge in [-0.15, -0.1) is 11.3 Å². The van der Waals surface area contributed by atoms with Crippen molar-refractivity contribution in [2.24, 2.45) is 5.92 Å². The predicted molar refractivity (Wildman–Crippen MR) is 98.2 cm³/mol. The summed E-state index contributed by atoms with van der Waals surface area (Å²) in [6.45, 7) is 2.54. The van der Waals surface area contributed by atoms with E-state index in [1.807, 2.05) is 12.1 Å². The largest absolute Gasteiger partial charge is 0.492 e. The number of carboxylic acids is 1. The molecule has 8 nitrogen and oxygen atoms in total. The number of likely N-dealkylation sites (tertiary alicyclic amines) is 1. The highest BCUT2D eigenvalue weighted by atomic mass is 32.1. The van der Waals surface area contributed by atoms with Gasteiger partial charge in [0.1, 0.15) is 17.0 Å². The van der Waals surface area contributed by atoms with Crippen molar-refractivity contribution >= 4 is 23.2 Å². The van der Waals surface area contributed by atoms with Crippen molar-refractivity contribution in [2.75, 3.05) is 26.3 Å². The van der Waals surface area contributed by atoms with Crippen LogP contribution in [0.2, 0.25) is 0 Å². The van der Waals surface area contributed by atoms with Gasteiger partial charge in [-0.05, 0) is 18.6 Å². The van der Waals surface area contributed by atoms with Crippen LogP contribution in [0, 0.1) is 5.92 Å². The van der Waals surface area contributed by atoms with Gasteiger partial charge in [0.2, 0.25) is 0 Å². The van der Waals surface area contributed by atoms with Crippen molar-refractivity contribution in [1.82, 2.24) is 14.9 Å². The van der Waals surface area contributed by atoms with Gasteiger partial charge in [0, 0.05) is 24.1 Å². The minimum atomic E-state index is -5.08. The number of hydrogen-bond acceptors (Lipinski definition) is 7. The van der Waals surface area contributed by atoms with Crippen LogP contribution in [0.5, 0.6) is 5.75 Å². The van der Waals surface area contributed by atoms with E-state index in [4.69, 9.17) is 19.4 Å². The molecule has 2 aliphatic heterocycles. The number of carbonyl (C=O) groups excluding carboxylic acids is 1. The summed E-state index contributed by atoms with van der Waals surface area (Å²) >= 11 is 1.43. The number of nitrogens with zero attached hydrogens (tertiary/aromatic N) is 3. The summed E-state index contributed by atoms with van der Waals surface area (Å²) in [7, 11) is 0. The summed E-state index contributed by atoms with van der Waals surface area (Å²) in [6.07, 6.45) is -0.693. The molecule has 4 rings (SSSR count). The molecule has 2 fully saturated rings. The number of ether oxygens (including phenoxy) is 2. The molecule has 0 aliphatic carbocycles. The molecule has 1 N–H and O–H groups in total. The van der Waals surface area contributed by atoms with Crippen LogP contribution in [-0.2, 0) is 9.53 Å². The number of carboxylic acid groups (broad SMARTS) is 1. The Kier molecular flexibility index (Phi) is 6.56. The van der Waals surface area contributed by atoms with Crippen LogP contribution >= 0.6 is 11.3 Å². The maximum Gasteiger partial charge on any atom is 0.490 e. The molecule has 1 amide bonds. The maximum atomic E-state index is 12.3. The van der Waals surface area contributed by atoms with Gasteiger partial charge in [-0.3, -0.25) is 9.78 Å². The Morgan fingerprint density at radius 1 is 1.40 bits per heavy atom. The van der Waals surface area contributed by atoms with Crippen molar-refractivity contribution in [2.45, 2.75) is 18.2 Å². The summed E-state index contributed by atoms with van der Waals surface area (Å²) in [5.74, 6) is -1.71. The molecule has 4 heterocycles. The lowest BCUT2D eigenvalue weighted by Gasteiger charge is -2.49. The fourth-order valence-electron chi connectivity index (χ4n) is 3.22. The van der Waals surface area contributed by atoms with Crippen molar-refractivity contribution in [3.63, 3.8) is 0 Å². The second-order valence-corrected chi connectivity index (χ2v) is 7.46. The third-order valence-corrected chi connectivity index (χ3v) is 5.37. The van der Waals surface area contributed by atoms with E-state index < -0.39 is 12.1 Å². The Labute approximate surface area is 173 Å². The highest BCUT2D eigenvalue weighted by Gasteiger charge is 2.55. The first kappa shape index (κ1) is 22.0. The Morgan fingerprint density at radius 3 is 2.70 bits per heavy atom. The lowest BCUT2D eigenvalue weighted by atomic mass is 9.81. The van der Waals surface area contributed by atoms with E-state index in [1.165, 1.54) is 11.3 Å². The van der Waals surface area contributed by atoms with E-state index in [0.717, 1.165) is 18.8 Å². The van der Waals surface area contributed by atoms with Gasteiger partial charge in [-0.2, -0.15) is 13.2 Å². The van der Waals surface area contributed by atoms with E-state index in [9.17, 15) is 18.0 Å². The maximum absolute atomic E-state index is 12.3. The number of amides is 1. The van der Waals surface area contributed by atoms with E-state index in [2.05, 4.69) is 9.97 Å². The van der Waals surface area contributed by atoms with Crippen molar-refractivity contribution in [3.05, 3.63) is 41.1 Å². The van der Waals surface area contributed by atoms with Crippen molar-refractivity contribution in [3.8, 4) is 5.75 Å². The zero-order chi connectivity index (χ0) is 21.8. The SMILES string of the molecule is O=C(O)C(F)(F)F.O=C(c1cscn1)N1CC2(C1)OCCC2COc1cccnc1. The summed E-state index contributed by atoms with van der Waals surface area (Å²) in [4.78, 5) is 31.1. The number of aliphatic carboxylic acids is 1. The molecular formula is C18H18F3N3O5S. The van der Waals surface area contributed by atoms with Gasteiger partial charge in [-0.25, -0.2) is 9.78 Å². The summed E-state index contributed by atoms with van der Waals surface area (Å²) in [5.41, 5.74) is 1.94. The van der Waals surface area contributed by atoms with Crippen LogP contribution < -0.4 is 4.74 Å². The quantitative estimate of drug-likeness (QED) is 0.772. The van der Waals surface area contributed by atoms with Crippen LogP contribution in [0.15, 0.2) is 35.4 Å². The first-order chi connectivity index (χ1) is 14.2. The van der Waals surface area contributed by atoms with Crippen LogP contribution in [-0.4, -0.2) is 69.9 Å². The predicted octanol–water partition coefficient (Wildman–Crippen LogP) is 2.48. The molecule has 12 heteroatoms. The second-order valence-electron chi connectivity index (χ2n) is 6.74. The average Bonchev–Trinajstić information content (AvgIpc) is 3.35. The molecule has 1 spiro atoms. The molecule has 162 valence electrons. The number of hydrogen-bond donors (Lipinski definition) is 1. The van der Waals surface area contributed by atoms with Gasteiger partial charge in [-0.1, -0.05) is 0 Å². The molecule has 1 unspecified atom stereocenters. The molecule has 0 radical (unpaired) electrons. The summed E-state index contributed by atoms with van der Waals surface area (Å²) in [6, 6.07) is 3.75. The van der Waals surface area contributed by atoms with E-state index in [0.29, 0.717) is 31.3 Å². The summed E-state index contributed by atoms with van der Waals surface area (Å²) in [5, 5.41) is 8.91. The molecule has 2 aliphatic rings. The Morgan fingerprint density at radius 2 is 2.13 bits per heavy atom. The molecular weight excluding hydrogens is 427 g/mol. The fraction of sp³-hybridized carbons (Fsp3) is 0.444. The molecule has 30 heavy (non-hydrogen) atoms. The summed E-state index contributed by atoms with van der Waals surface area (Å²) < 4.78 is 43.5. The lowest BCUT2D eigenvalue weighted by molar-refractivity contribution is -0.192. The molecule has 0 aromatic carbocycles. The minimum absolute atomic E-state index is 0.0145. The van der Waals surface area contributed by atoms with Crippen molar-refractivity contribution < 1.29 is 37.3 Å². The van der Waals surface area contributed by atoms with Crippen LogP contribution in [0.1, 0.15) is 16.9 Å². The number of thiazole rings is 1. The number of carbonyl (C=O) groups is 2. The molecule has 2 aromatic rings. The monoisotopic (exact) mass is 445 g/mol. The number of alkyl halides is 3. The lowest BCUT2D eigenvalue weighted by Crippen LogP contribution is -2.66. The highest BCUT2D eigenvalue weighted by Crippen LogP contribution is 2.40. The van der Waals surface area contributed by atoms with Gasteiger partial charge in [0.25, 0.3) is 5.91 Å². The minimum Gasteiger partial charge on any atom is -0.492 e. The Hall–Kier alpha value is -2.73. The smallest absolute Gasteiger partial charge is 0.490 e. The van der Waals surface area contributed by atoms with Crippen LogP contribution in [0.3, 0.4) is 0 Å². The standard InChI is InChI=1S/C16H17N3O3S.C2HF3O2/c20-15(14-8-23-11-18-14)19-9-16(10-19)12(3-5-22-16)7-21-13-2-1-4-17-6-13;3-2(4,5)1(6)7/h1-2,4,6,8,11-12H,3,5,7,9-10H2;(H,6,7). The number of halogens is 3. The van der Waals surface area contributed by atoms with Gasteiger partial charge in [0.05, 0.1) is 31.4 Å². The first-order valence-electron chi connectivity index (χ1n) is 8.86. The fourth-order valence-corrected chi connectivity index (χ4v) is 3.75. The number of pyridine rings is 1. The topological polar surface area (TPSA) is 102 Å². The third kappa shape index (κ3) is 5.05. The van der Waals surface area contributed by atoms with Gasteiger partial charge < -0.3 is 19.5 Å². The van der Waals surface area contributed by atoms with Crippen LogP contribution in [0.4, 0.5) is 13.2 Å². The average molecular weight is 445 g/mol. The Balaban J connectivity index is 0.000000318. The first-order valence-corrected chi connectivity index (χ1v) is 9.80. The van der Waals surface area contributed by atoms with E-state index in [1.54, 1.807) is 28.2 Å². The zero-order valence-corrected chi connectivity index (χ0v) is 16.4. The number of aromatic nitrogens is 2. The number of rotatable bonds is 4. The van der Waals surface area contributed by atoms with Gasteiger partial charge in [0.15, 0.2) is 0 Å². The molecule has 2 aromatic heterocycles. The third-order valence-electron chi connectivity index (χ3n) is 4.78. The van der Waals surface area contributed by atoms with E-state index in [-0.39, 0.29) is 11.5 Å². The van der Waals surface area contributed by atoms with E-state index >= 15 is 0 Å². The Bertz CT molecular complexity index is 858. The second kappa shape index (κ2) is 8.96. The molecule has 0 saturated carbocycles. The normalized spacial score (nSPS) is 19.6. The highest BCUT2D eigenvalue weighted by molar-refractivity contribution is 7.07. The molecule has 0 bridgehead atoms. The van der Waals surface area contributed by atoms with Gasteiger partial charge >= 0.3 is 12.1 Å². The molecule has 2 saturated heterocycles. The van der Waals surface area contributed by atoms with Crippen LogP contribution in [0.25, 0.3) is 0 Å². The van der Waals surface area contributed by atoms with Crippen molar-refractivity contribution in [1.29, 1.82) is 0 Å². The zero-order valence-electron chi connectivity index (χ0n) is 15.5.